The van der Waals surface area contributed by atoms with Gasteiger partial charge < -0.3 is 4.74 Å². The molecule has 1 heterocycles. The lowest BCUT2D eigenvalue weighted by Crippen LogP contribution is -2.55. The van der Waals surface area contributed by atoms with Crippen LogP contribution < -0.4 is 0 Å². The Morgan fingerprint density at radius 1 is 1.29 bits per heavy atom. The number of likely N-dealkylation sites (N-methyl/N-ethyl adjacent to an activating group) is 1. The number of hydrogen-bond donors (Lipinski definition) is 0. The first-order valence-electron chi connectivity index (χ1n) is 5.62. The Bertz CT molecular complexity index is 443. The topological polar surface area (TPSA) is 46.6 Å². The largest absolute Gasteiger partial charge is 0.448 e. The highest BCUT2D eigenvalue weighted by atomic mass is 16.6. The van der Waals surface area contributed by atoms with Crippen LogP contribution in [0.1, 0.15) is 18.9 Å². The zero-order valence-corrected chi connectivity index (χ0v) is 9.97. The second-order valence-electron chi connectivity index (χ2n) is 4.22. The summed E-state index contributed by atoms with van der Waals surface area (Å²) < 4.78 is 5.09. The molecule has 4 nitrogen and oxygen atoms in total. The molecule has 1 aliphatic heterocycles. The predicted octanol–water partition coefficient (Wildman–Crippen LogP) is 1.94. The lowest BCUT2D eigenvalue weighted by molar-refractivity contribution is -0.141. The van der Waals surface area contributed by atoms with E-state index in [9.17, 15) is 9.59 Å². The Kier molecular flexibility index (Phi) is 2.88. The van der Waals surface area contributed by atoms with Gasteiger partial charge in [-0.25, -0.2) is 9.69 Å². The number of rotatable bonds is 2. The van der Waals surface area contributed by atoms with E-state index in [2.05, 4.69) is 0 Å². The standard InChI is InChI=1S/C13H15NO3/c1-3-13(10-7-5-4-6-8-10)9-17-12(16)14(2)11(13)15/h4-8H,3,9H2,1-2H3. The third kappa shape index (κ3) is 1.69. The Hall–Kier alpha value is -1.84. The Morgan fingerprint density at radius 3 is 2.53 bits per heavy atom. The molecule has 1 aromatic rings. The number of carbonyl (C=O) groups excluding carboxylic acids is 2. The van der Waals surface area contributed by atoms with Crippen LogP contribution in [0.5, 0.6) is 0 Å². The average molecular weight is 233 g/mol. The minimum Gasteiger partial charge on any atom is -0.448 e. The van der Waals surface area contributed by atoms with E-state index in [4.69, 9.17) is 4.74 Å². The van der Waals surface area contributed by atoms with E-state index in [0.29, 0.717) is 6.42 Å². The lowest BCUT2D eigenvalue weighted by atomic mass is 9.77. The van der Waals surface area contributed by atoms with Crippen molar-refractivity contribution in [1.29, 1.82) is 0 Å². The van der Waals surface area contributed by atoms with Crippen LogP contribution in [0, 0.1) is 0 Å². The molecule has 1 aliphatic rings. The molecule has 1 fully saturated rings. The second-order valence-corrected chi connectivity index (χ2v) is 4.22. The smallest absolute Gasteiger partial charge is 0.416 e. The van der Waals surface area contributed by atoms with Gasteiger partial charge in [0, 0.05) is 7.05 Å². The molecule has 0 saturated carbocycles. The van der Waals surface area contributed by atoms with Gasteiger partial charge in [-0.2, -0.15) is 0 Å². The van der Waals surface area contributed by atoms with Crippen molar-refractivity contribution in [3.63, 3.8) is 0 Å². The fourth-order valence-electron chi connectivity index (χ4n) is 2.17. The number of cyclic esters (lactones) is 1. The minimum absolute atomic E-state index is 0.121. The first kappa shape index (κ1) is 11.6. The summed E-state index contributed by atoms with van der Waals surface area (Å²) in [4.78, 5) is 24.7. The number of ether oxygens (including phenoxy) is 1. The number of imide groups is 1. The highest BCUT2D eigenvalue weighted by molar-refractivity contribution is 6.00. The van der Waals surface area contributed by atoms with E-state index in [1.807, 2.05) is 37.3 Å². The summed E-state index contributed by atoms with van der Waals surface area (Å²) in [6, 6.07) is 9.46. The maximum absolute atomic E-state index is 12.3. The van der Waals surface area contributed by atoms with Gasteiger partial charge in [-0.3, -0.25) is 4.79 Å². The molecule has 0 spiro atoms. The third-order valence-electron chi connectivity index (χ3n) is 3.36. The van der Waals surface area contributed by atoms with Gasteiger partial charge in [0.1, 0.15) is 12.0 Å². The summed E-state index contributed by atoms with van der Waals surface area (Å²) in [6.45, 7) is 2.05. The summed E-state index contributed by atoms with van der Waals surface area (Å²) in [5.74, 6) is -0.192. The highest BCUT2D eigenvalue weighted by Gasteiger charge is 2.47. The van der Waals surface area contributed by atoms with Crippen molar-refractivity contribution in [1.82, 2.24) is 4.90 Å². The van der Waals surface area contributed by atoms with Crippen LogP contribution in [0.15, 0.2) is 30.3 Å². The Balaban J connectivity index is 2.45. The van der Waals surface area contributed by atoms with Gasteiger partial charge >= 0.3 is 6.09 Å². The molecule has 2 rings (SSSR count). The van der Waals surface area contributed by atoms with Crippen LogP contribution in [0.2, 0.25) is 0 Å². The molecular weight excluding hydrogens is 218 g/mol. The molecule has 0 bridgehead atoms. The van der Waals surface area contributed by atoms with E-state index in [0.717, 1.165) is 10.5 Å². The SMILES string of the molecule is CCC1(c2ccccc2)COC(=O)N(C)C1=O. The second kappa shape index (κ2) is 4.20. The van der Waals surface area contributed by atoms with Gasteiger partial charge in [0.15, 0.2) is 0 Å². The van der Waals surface area contributed by atoms with Crippen molar-refractivity contribution >= 4 is 12.0 Å². The maximum Gasteiger partial charge on any atom is 0.416 e. The molecule has 1 atom stereocenters. The first-order chi connectivity index (χ1) is 8.12. The maximum atomic E-state index is 12.3. The summed E-state index contributed by atoms with van der Waals surface area (Å²) in [5.41, 5.74) is 0.163. The molecule has 1 aromatic carbocycles. The molecular formula is C13H15NO3. The quantitative estimate of drug-likeness (QED) is 0.784. The molecule has 2 amide bonds. The van der Waals surface area contributed by atoms with Crippen molar-refractivity contribution in [2.24, 2.45) is 0 Å². The van der Waals surface area contributed by atoms with Crippen LogP contribution in [-0.4, -0.2) is 30.6 Å². The molecule has 4 heteroatoms. The molecule has 1 unspecified atom stereocenters. The minimum atomic E-state index is -0.732. The Labute approximate surface area is 100 Å². The number of amides is 2. The lowest BCUT2D eigenvalue weighted by Gasteiger charge is -2.38. The van der Waals surface area contributed by atoms with Crippen molar-refractivity contribution in [2.75, 3.05) is 13.7 Å². The van der Waals surface area contributed by atoms with Gasteiger partial charge in [-0.05, 0) is 12.0 Å². The molecule has 0 aliphatic carbocycles. The number of nitrogens with zero attached hydrogens (tertiary/aromatic N) is 1. The predicted molar refractivity (Wildman–Crippen MR) is 62.5 cm³/mol. The first-order valence-corrected chi connectivity index (χ1v) is 5.62. The molecule has 90 valence electrons. The highest BCUT2D eigenvalue weighted by Crippen LogP contribution is 2.33. The summed E-state index contributed by atoms with van der Waals surface area (Å²) in [6.07, 6.45) is 0.0306. The van der Waals surface area contributed by atoms with E-state index in [-0.39, 0.29) is 12.5 Å². The van der Waals surface area contributed by atoms with Crippen molar-refractivity contribution in [3.05, 3.63) is 35.9 Å². The van der Waals surface area contributed by atoms with Crippen LogP contribution in [0.25, 0.3) is 0 Å². The van der Waals surface area contributed by atoms with Crippen molar-refractivity contribution in [3.8, 4) is 0 Å². The molecule has 17 heavy (non-hydrogen) atoms. The van der Waals surface area contributed by atoms with Crippen LogP contribution in [-0.2, 0) is 14.9 Å². The average Bonchev–Trinajstić information content (AvgIpc) is 2.38. The van der Waals surface area contributed by atoms with E-state index in [1.165, 1.54) is 7.05 Å². The monoisotopic (exact) mass is 233 g/mol. The fraction of sp³-hybridized carbons (Fsp3) is 0.385. The van der Waals surface area contributed by atoms with Crippen molar-refractivity contribution < 1.29 is 14.3 Å². The van der Waals surface area contributed by atoms with Gasteiger partial charge in [-0.1, -0.05) is 37.3 Å². The zero-order chi connectivity index (χ0) is 12.5. The van der Waals surface area contributed by atoms with Crippen molar-refractivity contribution in [2.45, 2.75) is 18.8 Å². The molecule has 0 radical (unpaired) electrons. The zero-order valence-electron chi connectivity index (χ0n) is 9.97. The van der Waals surface area contributed by atoms with Gasteiger partial charge in [0.2, 0.25) is 5.91 Å². The summed E-state index contributed by atoms with van der Waals surface area (Å²) in [5, 5.41) is 0. The molecule has 1 saturated heterocycles. The van der Waals surface area contributed by atoms with Crippen LogP contribution in [0.3, 0.4) is 0 Å². The van der Waals surface area contributed by atoms with E-state index in [1.54, 1.807) is 0 Å². The fourth-order valence-corrected chi connectivity index (χ4v) is 2.17. The van der Waals surface area contributed by atoms with Crippen LogP contribution in [0.4, 0.5) is 4.79 Å². The number of hydrogen-bond acceptors (Lipinski definition) is 3. The number of benzene rings is 1. The molecule has 0 aromatic heterocycles. The van der Waals surface area contributed by atoms with Gasteiger partial charge in [0.25, 0.3) is 0 Å². The third-order valence-corrected chi connectivity index (χ3v) is 3.36. The normalized spacial score (nSPS) is 24.7. The van der Waals surface area contributed by atoms with Gasteiger partial charge in [0.05, 0.1) is 0 Å². The summed E-state index contributed by atoms with van der Waals surface area (Å²) in [7, 11) is 1.46. The van der Waals surface area contributed by atoms with E-state index < -0.39 is 11.5 Å². The summed E-state index contributed by atoms with van der Waals surface area (Å²) >= 11 is 0. The Morgan fingerprint density at radius 2 is 1.94 bits per heavy atom. The number of carbonyl (C=O) groups is 2. The van der Waals surface area contributed by atoms with E-state index >= 15 is 0 Å². The van der Waals surface area contributed by atoms with Crippen LogP contribution >= 0.6 is 0 Å². The molecule has 0 N–H and O–H groups in total. The van der Waals surface area contributed by atoms with Gasteiger partial charge in [-0.15, -0.1) is 0 Å².